The number of hydrogen-bond donors (Lipinski definition) is 1. The minimum atomic E-state index is -3.47. The zero-order valence-corrected chi connectivity index (χ0v) is 20.9. The Hall–Kier alpha value is -2.29. The van der Waals surface area contributed by atoms with Crippen LogP contribution in [0.5, 0.6) is 0 Å². The Balaban J connectivity index is 1.76. The lowest BCUT2D eigenvalue weighted by Crippen LogP contribution is -2.70. The maximum atomic E-state index is 13.8. The number of piperazine rings is 1. The van der Waals surface area contributed by atoms with E-state index in [-0.39, 0.29) is 18.0 Å². The molecule has 0 aromatic heterocycles. The average molecular weight is 477 g/mol. The maximum Gasteiger partial charge on any atom is 0.258 e. The van der Waals surface area contributed by atoms with Crippen LogP contribution in [0.2, 0.25) is 0 Å². The molecule has 0 spiro atoms. The third kappa shape index (κ3) is 4.83. The van der Waals surface area contributed by atoms with Crippen LogP contribution in [0.15, 0.2) is 18.2 Å². The lowest BCUT2D eigenvalue weighted by Gasteiger charge is -2.54. The summed E-state index contributed by atoms with van der Waals surface area (Å²) >= 11 is 0. The van der Waals surface area contributed by atoms with E-state index in [0.29, 0.717) is 36.1 Å². The Morgan fingerprint density at radius 2 is 1.91 bits per heavy atom. The molecule has 1 aromatic carbocycles. The third-order valence-electron chi connectivity index (χ3n) is 6.90. The quantitative estimate of drug-likeness (QED) is 0.623. The minimum Gasteiger partial charge on any atom is -0.349 e. The summed E-state index contributed by atoms with van der Waals surface area (Å²) < 4.78 is 26.0. The summed E-state index contributed by atoms with van der Waals surface area (Å²) in [5.74, 6) is 0.774. The minimum absolute atomic E-state index is 0.0479. The Bertz CT molecular complexity index is 1020. The van der Waals surface area contributed by atoms with Gasteiger partial charge in [-0.3, -0.25) is 14.3 Å². The summed E-state index contributed by atoms with van der Waals surface area (Å²) in [6, 6.07) is 4.66. The van der Waals surface area contributed by atoms with Gasteiger partial charge in [0.15, 0.2) is 0 Å². The number of carbonyl (C=O) groups is 2. The van der Waals surface area contributed by atoms with Crippen molar-refractivity contribution in [1.82, 2.24) is 9.80 Å². The Morgan fingerprint density at radius 1 is 1.18 bits per heavy atom. The molecule has 8 nitrogen and oxygen atoms in total. The molecule has 2 heterocycles. The number of anilines is 2. The van der Waals surface area contributed by atoms with Crippen LogP contribution >= 0.6 is 0 Å². The van der Waals surface area contributed by atoms with Gasteiger partial charge in [-0.05, 0) is 49.3 Å². The Kier molecular flexibility index (Phi) is 6.62. The Morgan fingerprint density at radius 3 is 2.48 bits per heavy atom. The van der Waals surface area contributed by atoms with Gasteiger partial charge >= 0.3 is 0 Å². The normalized spacial score (nSPS) is 23.5. The number of rotatable bonds is 8. The summed E-state index contributed by atoms with van der Waals surface area (Å²) in [5.41, 5.74) is 1.61. The molecule has 0 unspecified atom stereocenters. The van der Waals surface area contributed by atoms with Gasteiger partial charge in [0.25, 0.3) is 5.91 Å². The van der Waals surface area contributed by atoms with Gasteiger partial charge in [-0.15, -0.1) is 0 Å². The van der Waals surface area contributed by atoms with Crippen LogP contribution in [0, 0.1) is 11.8 Å². The average Bonchev–Trinajstić information content (AvgIpc) is 2.69. The number of carbonyl (C=O) groups excluding carboxylic acids is 2. The molecule has 2 fully saturated rings. The summed E-state index contributed by atoms with van der Waals surface area (Å²) in [6.45, 7) is 8.35. The number of sulfonamides is 1. The van der Waals surface area contributed by atoms with E-state index in [1.807, 2.05) is 17.9 Å². The SMILES string of the molecule is CCC[C@@H]1C(=O)N(CC2CCC2)C[C@H]2N(CC(C)C)c3ccc(NS(C)(=O)=O)cc3C(=O)N12. The van der Waals surface area contributed by atoms with Crippen molar-refractivity contribution in [2.24, 2.45) is 11.8 Å². The fourth-order valence-corrected chi connectivity index (χ4v) is 5.83. The number of fused-ring (bicyclic) bond motifs is 2. The molecule has 0 bridgehead atoms. The fraction of sp³-hybridized carbons (Fsp3) is 0.667. The van der Waals surface area contributed by atoms with Gasteiger partial charge in [0.05, 0.1) is 24.1 Å². The molecule has 182 valence electrons. The largest absolute Gasteiger partial charge is 0.349 e. The van der Waals surface area contributed by atoms with Crippen molar-refractivity contribution in [2.45, 2.75) is 65.1 Å². The second kappa shape index (κ2) is 9.16. The highest BCUT2D eigenvalue weighted by atomic mass is 32.2. The molecule has 9 heteroatoms. The molecule has 33 heavy (non-hydrogen) atoms. The van der Waals surface area contributed by atoms with Crippen molar-refractivity contribution in [1.29, 1.82) is 0 Å². The van der Waals surface area contributed by atoms with Crippen LogP contribution in [0.3, 0.4) is 0 Å². The highest BCUT2D eigenvalue weighted by molar-refractivity contribution is 7.92. The number of benzene rings is 1. The van der Waals surface area contributed by atoms with Crippen LogP contribution in [0.1, 0.15) is 63.2 Å². The first-order valence-corrected chi connectivity index (χ1v) is 14.0. The van der Waals surface area contributed by atoms with Gasteiger partial charge in [0.2, 0.25) is 15.9 Å². The Labute approximate surface area is 197 Å². The zero-order valence-electron chi connectivity index (χ0n) is 20.1. The van der Waals surface area contributed by atoms with Crippen molar-refractivity contribution in [3.63, 3.8) is 0 Å². The first kappa shape index (κ1) is 23.9. The molecule has 2 aliphatic heterocycles. The molecule has 1 N–H and O–H groups in total. The van der Waals surface area contributed by atoms with Crippen molar-refractivity contribution in [3.05, 3.63) is 23.8 Å². The molecule has 0 radical (unpaired) electrons. The van der Waals surface area contributed by atoms with Crippen molar-refractivity contribution in [2.75, 3.05) is 35.5 Å². The molecule has 2 amide bonds. The van der Waals surface area contributed by atoms with Gasteiger partial charge in [-0.25, -0.2) is 8.42 Å². The lowest BCUT2D eigenvalue weighted by atomic mass is 9.84. The molecular formula is C24H36N4O4S. The molecule has 1 aromatic rings. The first-order chi connectivity index (χ1) is 15.6. The number of nitrogens with one attached hydrogen (secondary N) is 1. The molecule has 3 aliphatic rings. The van der Waals surface area contributed by atoms with Crippen LogP contribution in [0.4, 0.5) is 11.4 Å². The van der Waals surface area contributed by atoms with E-state index in [1.54, 1.807) is 17.0 Å². The third-order valence-corrected chi connectivity index (χ3v) is 7.50. The fourth-order valence-electron chi connectivity index (χ4n) is 5.27. The van der Waals surface area contributed by atoms with Crippen molar-refractivity contribution in [3.8, 4) is 0 Å². The van der Waals surface area contributed by atoms with Crippen LogP contribution < -0.4 is 9.62 Å². The van der Waals surface area contributed by atoms with Crippen LogP contribution in [0.25, 0.3) is 0 Å². The topological polar surface area (TPSA) is 90.0 Å². The van der Waals surface area contributed by atoms with E-state index in [0.717, 1.165) is 31.5 Å². The lowest BCUT2D eigenvalue weighted by molar-refractivity contribution is -0.145. The highest BCUT2D eigenvalue weighted by Crippen LogP contribution is 2.39. The molecule has 1 saturated heterocycles. The maximum absolute atomic E-state index is 13.8. The number of hydrogen-bond acceptors (Lipinski definition) is 5. The standard InChI is InChI=1S/C24H36N4O4S/c1-5-7-21-24(30)26(14-17-8-6-9-17)15-22-27(13-16(2)3)20-11-10-18(25-33(4,31)32)12-19(20)23(29)28(21)22/h10-12,16-17,21-22,25H,5-9,13-15H2,1-4H3/t21-,22+/m1/s1. The summed E-state index contributed by atoms with van der Waals surface area (Å²) in [6.07, 6.45) is 5.87. The van der Waals surface area contributed by atoms with Gasteiger partial charge in [0, 0.05) is 18.8 Å². The summed E-state index contributed by atoms with van der Waals surface area (Å²) in [4.78, 5) is 33.3. The molecule has 1 aliphatic carbocycles. The van der Waals surface area contributed by atoms with E-state index in [4.69, 9.17) is 0 Å². The molecule has 2 atom stereocenters. The number of nitrogens with zero attached hydrogens (tertiary/aromatic N) is 3. The number of amides is 2. The molecule has 4 rings (SSSR count). The first-order valence-electron chi connectivity index (χ1n) is 12.1. The molecule has 1 saturated carbocycles. The van der Waals surface area contributed by atoms with Gasteiger partial charge in [-0.2, -0.15) is 0 Å². The zero-order chi connectivity index (χ0) is 23.9. The van der Waals surface area contributed by atoms with Gasteiger partial charge < -0.3 is 14.7 Å². The second-order valence-corrected chi connectivity index (χ2v) is 11.9. The van der Waals surface area contributed by atoms with Crippen LogP contribution in [-0.4, -0.2) is 68.1 Å². The van der Waals surface area contributed by atoms with E-state index in [1.165, 1.54) is 19.3 Å². The smallest absolute Gasteiger partial charge is 0.258 e. The predicted molar refractivity (Wildman–Crippen MR) is 130 cm³/mol. The molecular weight excluding hydrogens is 440 g/mol. The van der Waals surface area contributed by atoms with E-state index >= 15 is 0 Å². The summed E-state index contributed by atoms with van der Waals surface area (Å²) in [5, 5.41) is 0. The second-order valence-electron chi connectivity index (χ2n) is 10.2. The monoisotopic (exact) mass is 476 g/mol. The van der Waals surface area contributed by atoms with Crippen molar-refractivity contribution < 1.29 is 18.0 Å². The van der Waals surface area contributed by atoms with Gasteiger partial charge in [0.1, 0.15) is 12.2 Å². The van der Waals surface area contributed by atoms with E-state index < -0.39 is 16.1 Å². The van der Waals surface area contributed by atoms with Gasteiger partial charge in [-0.1, -0.05) is 33.6 Å². The highest BCUT2D eigenvalue weighted by Gasteiger charge is 2.49. The van der Waals surface area contributed by atoms with Crippen molar-refractivity contribution >= 4 is 33.2 Å². The van der Waals surface area contributed by atoms with E-state index in [2.05, 4.69) is 23.5 Å². The van der Waals surface area contributed by atoms with E-state index in [9.17, 15) is 18.0 Å². The summed E-state index contributed by atoms with van der Waals surface area (Å²) in [7, 11) is -3.47. The predicted octanol–water partition coefficient (Wildman–Crippen LogP) is 3.11. The van der Waals surface area contributed by atoms with Crippen LogP contribution in [-0.2, 0) is 14.8 Å².